The largest absolute Gasteiger partial charge is 0.459 e. The second-order valence-corrected chi connectivity index (χ2v) is 8.73. The second kappa shape index (κ2) is 8.90. The predicted octanol–water partition coefficient (Wildman–Crippen LogP) is 4.26. The third-order valence-corrected chi connectivity index (χ3v) is 6.62. The van der Waals surface area contributed by atoms with Gasteiger partial charge < -0.3 is 19.4 Å². The normalized spacial score (nSPS) is 16.9. The number of rotatable bonds is 5. The lowest BCUT2D eigenvalue weighted by Gasteiger charge is -2.28. The van der Waals surface area contributed by atoms with Crippen molar-refractivity contribution in [2.45, 2.75) is 19.9 Å². The second-order valence-electron chi connectivity index (χ2n) is 7.85. The molecule has 5 rings (SSSR count). The molecule has 0 unspecified atom stereocenters. The quantitative estimate of drug-likeness (QED) is 0.594. The van der Waals surface area contributed by atoms with Crippen LogP contribution in [0.4, 0.5) is 17.3 Å². The summed E-state index contributed by atoms with van der Waals surface area (Å²) >= 11 is 1.78. The van der Waals surface area contributed by atoms with Gasteiger partial charge in [-0.3, -0.25) is 0 Å². The van der Waals surface area contributed by atoms with Crippen LogP contribution in [-0.2, 0) is 17.7 Å². The number of nitrogens with one attached hydrogen (secondary N) is 1. The Morgan fingerprint density at radius 3 is 2.68 bits per heavy atom. The van der Waals surface area contributed by atoms with Gasteiger partial charge in [-0.15, -0.1) is 0 Å². The van der Waals surface area contributed by atoms with Crippen LogP contribution in [0.3, 0.4) is 0 Å². The molecular weight excluding hydrogens is 410 g/mol. The summed E-state index contributed by atoms with van der Waals surface area (Å²) in [5, 5.41) is 3.33. The number of aryl methyl sites for hydroxylation is 1. The lowest BCUT2D eigenvalue weighted by Crippen LogP contribution is -2.36. The molecule has 7 nitrogen and oxygen atoms in total. The highest BCUT2D eigenvalue weighted by Gasteiger charge is 2.22. The van der Waals surface area contributed by atoms with Crippen molar-refractivity contribution in [1.29, 1.82) is 0 Å². The number of morpholine rings is 1. The Labute approximate surface area is 186 Å². The lowest BCUT2D eigenvalue weighted by molar-refractivity contribution is 0.122. The number of hydrogen-bond acceptors (Lipinski definition) is 8. The first-order valence-corrected chi connectivity index (χ1v) is 11.8. The molecule has 0 spiro atoms. The van der Waals surface area contributed by atoms with Crippen molar-refractivity contribution in [2.24, 2.45) is 0 Å². The van der Waals surface area contributed by atoms with Crippen molar-refractivity contribution >= 4 is 29.3 Å². The molecule has 162 valence electrons. The van der Waals surface area contributed by atoms with Gasteiger partial charge in [-0.05, 0) is 49.1 Å². The molecule has 0 bridgehead atoms. The Balaban J connectivity index is 1.34. The Kier molecular flexibility index (Phi) is 5.85. The van der Waals surface area contributed by atoms with Gasteiger partial charge in [-0.2, -0.15) is 0 Å². The molecule has 1 N–H and O–H groups in total. The van der Waals surface area contributed by atoms with Crippen molar-refractivity contribution in [3.8, 4) is 11.5 Å². The van der Waals surface area contributed by atoms with Gasteiger partial charge in [0.25, 0.3) is 0 Å². The van der Waals surface area contributed by atoms with Gasteiger partial charge in [0.2, 0.25) is 5.95 Å². The monoisotopic (exact) mass is 437 g/mol. The summed E-state index contributed by atoms with van der Waals surface area (Å²) in [6.45, 7) is 7.36. The van der Waals surface area contributed by atoms with Crippen molar-refractivity contribution in [1.82, 2.24) is 14.3 Å². The summed E-state index contributed by atoms with van der Waals surface area (Å²) < 4.78 is 14.0. The van der Waals surface area contributed by atoms with Crippen LogP contribution in [0.1, 0.15) is 16.9 Å². The molecule has 4 heterocycles. The fraction of sp³-hybridized carbons (Fsp3) is 0.391. The van der Waals surface area contributed by atoms with Gasteiger partial charge in [-0.25, -0.2) is 14.3 Å². The van der Waals surface area contributed by atoms with Crippen LogP contribution in [0.15, 0.2) is 40.9 Å². The van der Waals surface area contributed by atoms with E-state index in [0.717, 1.165) is 74.3 Å². The van der Waals surface area contributed by atoms with Gasteiger partial charge >= 0.3 is 0 Å². The van der Waals surface area contributed by atoms with Crippen LogP contribution >= 0.6 is 11.9 Å². The number of fused-ring (bicyclic) bond motifs is 1. The van der Waals surface area contributed by atoms with Crippen LogP contribution in [0, 0.1) is 6.92 Å². The predicted molar refractivity (Wildman–Crippen MR) is 125 cm³/mol. The van der Waals surface area contributed by atoms with E-state index in [1.165, 1.54) is 11.3 Å². The van der Waals surface area contributed by atoms with Crippen molar-refractivity contribution < 1.29 is 9.15 Å². The minimum Gasteiger partial charge on any atom is -0.459 e. The first-order valence-electron chi connectivity index (χ1n) is 10.6. The smallest absolute Gasteiger partial charge is 0.227 e. The molecule has 8 heteroatoms. The molecule has 3 aromatic rings. The van der Waals surface area contributed by atoms with Gasteiger partial charge in [0.15, 0.2) is 5.76 Å². The molecule has 31 heavy (non-hydrogen) atoms. The molecule has 0 saturated carbocycles. The third-order valence-electron chi connectivity index (χ3n) is 5.79. The average Bonchev–Trinajstić information content (AvgIpc) is 3.24. The highest BCUT2D eigenvalue weighted by atomic mass is 32.2. The molecule has 1 fully saturated rings. The third kappa shape index (κ3) is 4.42. The number of aromatic nitrogens is 2. The van der Waals surface area contributed by atoms with Gasteiger partial charge in [0, 0.05) is 55.7 Å². The molecule has 0 aliphatic carbocycles. The zero-order valence-electron chi connectivity index (χ0n) is 17.9. The van der Waals surface area contributed by atoms with Crippen LogP contribution in [0.25, 0.3) is 11.5 Å². The number of anilines is 3. The summed E-state index contributed by atoms with van der Waals surface area (Å²) in [6, 6.07) is 10.5. The summed E-state index contributed by atoms with van der Waals surface area (Å²) in [5.41, 5.74) is 5.26. The van der Waals surface area contributed by atoms with Crippen LogP contribution < -0.4 is 10.2 Å². The molecule has 1 aromatic carbocycles. The number of hydrogen-bond donors (Lipinski definition) is 1. The van der Waals surface area contributed by atoms with E-state index in [-0.39, 0.29) is 0 Å². The molecule has 2 aromatic heterocycles. The van der Waals surface area contributed by atoms with E-state index >= 15 is 0 Å². The zero-order chi connectivity index (χ0) is 21.2. The van der Waals surface area contributed by atoms with Gasteiger partial charge in [-0.1, -0.05) is 11.9 Å². The van der Waals surface area contributed by atoms with Crippen molar-refractivity contribution in [3.63, 3.8) is 0 Å². The minimum absolute atomic E-state index is 0.569. The summed E-state index contributed by atoms with van der Waals surface area (Å²) in [6.07, 6.45) is 4.90. The van der Waals surface area contributed by atoms with E-state index in [9.17, 15) is 0 Å². The topological polar surface area (TPSA) is 66.7 Å². The van der Waals surface area contributed by atoms with E-state index in [2.05, 4.69) is 56.1 Å². The van der Waals surface area contributed by atoms with E-state index in [1.807, 2.05) is 13.1 Å². The molecular formula is C23H27N5O2S. The molecule has 2 aliphatic rings. The molecule has 0 amide bonds. The van der Waals surface area contributed by atoms with Crippen LogP contribution in [-0.4, -0.2) is 53.4 Å². The average molecular weight is 438 g/mol. The maximum atomic E-state index is 6.18. The first kappa shape index (κ1) is 20.4. The molecule has 1 saturated heterocycles. The molecule has 0 atom stereocenters. The van der Waals surface area contributed by atoms with Crippen molar-refractivity contribution in [3.05, 3.63) is 53.4 Å². The first-order chi connectivity index (χ1) is 15.2. The minimum atomic E-state index is 0.569. The van der Waals surface area contributed by atoms with E-state index < -0.39 is 0 Å². The van der Waals surface area contributed by atoms with E-state index in [4.69, 9.17) is 14.1 Å². The maximum Gasteiger partial charge on any atom is 0.227 e. The van der Waals surface area contributed by atoms with Crippen molar-refractivity contribution in [2.75, 3.05) is 49.3 Å². The summed E-state index contributed by atoms with van der Waals surface area (Å²) in [7, 11) is 0. The number of nitrogens with zero attached hydrogens (tertiary/aromatic N) is 4. The highest BCUT2D eigenvalue weighted by Crippen LogP contribution is 2.32. The SMILES string of the molecule is CSN1CCc2oc(-c3nc(Nc4ccc(N5CCOCC5)cc4)ncc3C)cc2C1. The zero-order valence-corrected chi connectivity index (χ0v) is 18.7. The van der Waals surface area contributed by atoms with E-state index in [1.54, 1.807) is 11.9 Å². The highest BCUT2D eigenvalue weighted by molar-refractivity contribution is 7.96. The Bertz CT molecular complexity index is 1050. The fourth-order valence-electron chi connectivity index (χ4n) is 4.04. The number of ether oxygens (including phenoxy) is 1. The van der Waals surface area contributed by atoms with E-state index in [0.29, 0.717) is 5.95 Å². The van der Waals surface area contributed by atoms with Gasteiger partial charge in [0.1, 0.15) is 11.5 Å². The standard InChI is InChI=1S/C23H27N5O2S/c1-16-14-24-23(25-18-3-5-19(6-4-18)27-9-11-29-12-10-27)26-22(16)21-13-17-15-28(31-2)8-7-20(17)30-21/h3-6,13-14H,7-12,15H2,1-2H3,(H,24,25,26). The maximum absolute atomic E-state index is 6.18. The Morgan fingerprint density at radius 2 is 1.90 bits per heavy atom. The number of furan rings is 1. The van der Waals surface area contributed by atoms with Crippen LogP contribution in [0.2, 0.25) is 0 Å². The van der Waals surface area contributed by atoms with Gasteiger partial charge in [0.05, 0.1) is 13.2 Å². The fourth-order valence-corrected chi connectivity index (χ4v) is 4.58. The number of benzene rings is 1. The Morgan fingerprint density at radius 1 is 1.10 bits per heavy atom. The summed E-state index contributed by atoms with van der Waals surface area (Å²) in [4.78, 5) is 11.6. The molecule has 0 radical (unpaired) electrons. The van der Waals surface area contributed by atoms with Crippen LogP contribution in [0.5, 0.6) is 0 Å². The lowest BCUT2D eigenvalue weighted by atomic mass is 10.1. The summed E-state index contributed by atoms with van der Waals surface area (Å²) in [5.74, 6) is 2.46. The Hall–Kier alpha value is -2.55. The molecule has 2 aliphatic heterocycles.